The van der Waals surface area contributed by atoms with Gasteiger partial charge < -0.3 is 5.11 Å². The molecule has 0 unspecified atom stereocenters. The molecule has 0 aliphatic heterocycles. The lowest BCUT2D eigenvalue weighted by Crippen LogP contribution is -2.10. The van der Waals surface area contributed by atoms with Gasteiger partial charge in [0, 0.05) is 5.56 Å². The minimum atomic E-state index is 0.157. The smallest absolute Gasteiger partial charge is 0.119 e. The number of benzene rings is 2. The Hall–Kier alpha value is -1.50. The second-order valence-electron chi connectivity index (χ2n) is 6.34. The van der Waals surface area contributed by atoms with E-state index in [4.69, 9.17) is 0 Å². The molecule has 0 aliphatic carbocycles. The van der Waals surface area contributed by atoms with Crippen LogP contribution in [0, 0.1) is 0 Å². The van der Waals surface area contributed by atoms with Crippen LogP contribution in [0.15, 0.2) is 30.3 Å². The predicted octanol–water partition coefficient (Wildman–Crippen LogP) is 4.97. The molecule has 0 amide bonds. The van der Waals surface area contributed by atoms with Crippen molar-refractivity contribution in [1.82, 2.24) is 0 Å². The van der Waals surface area contributed by atoms with Crippen molar-refractivity contribution >= 4 is 10.8 Å². The van der Waals surface area contributed by atoms with E-state index in [1.807, 2.05) is 12.1 Å². The molecule has 2 rings (SSSR count). The molecule has 0 fully saturated rings. The Bertz CT molecular complexity index is 574. The average Bonchev–Trinajstić information content (AvgIpc) is 2.26. The van der Waals surface area contributed by atoms with E-state index in [1.54, 1.807) is 0 Å². The molecule has 0 atom stereocenters. The first kappa shape index (κ1) is 12.9. The van der Waals surface area contributed by atoms with E-state index >= 15 is 0 Å². The molecule has 18 heavy (non-hydrogen) atoms. The Labute approximate surface area is 109 Å². The zero-order valence-corrected chi connectivity index (χ0v) is 11.9. The quantitative estimate of drug-likeness (QED) is 0.748. The molecule has 0 radical (unpaired) electrons. The van der Waals surface area contributed by atoms with Crippen LogP contribution in [0.25, 0.3) is 10.8 Å². The number of rotatable bonds is 1. The van der Waals surface area contributed by atoms with Gasteiger partial charge in [-0.25, -0.2) is 0 Å². The Balaban J connectivity index is 2.71. The van der Waals surface area contributed by atoms with Crippen LogP contribution >= 0.6 is 0 Å². The SMILES string of the molecule is CC(C)c1c(O)ccc2cc(C(C)(C)C)ccc12. The molecule has 0 saturated heterocycles. The summed E-state index contributed by atoms with van der Waals surface area (Å²) in [6, 6.07) is 10.4. The van der Waals surface area contributed by atoms with Crippen molar-refractivity contribution in [3.05, 3.63) is 41.5 Å². The highest BCUT2D eigenvalue weighted by atomic mass is 16.3. The summed E-state index contributed by atoms with van der Waals surface area (Å²) in [5.74, 6) is 0.732. The topological polar surface area (TPSA) is 20.2 Å². The minimum absolute atomic E-state index is 0.157. The van der Waals surface area contributed by atoms with E-state index in [0.717, 1.165) is 10.9 Å². The maximum absolute atomic E-state index is 10.0. The third-order valence-electron chi connectivity index (χ3n) is 3.48. The van der Waals surface area contributed by atoms with Gasteiger partial charge >= 0.3 is 0 Å². The molecule has 0 aliphatic rings. The van der Waals surface area contributed by atoms with E-state index < -0.39 is 0 Å². The van der Waals surface area contributed by atoms with Crippen molar-refractivity contribution in [2.24, 2.45) is 0 Å². The van der Waals surface area contributed by atoms with E-state index in [1.165, 1.54) is 10.9 Å². The molecule has 1 N–H and O–H groups in total. The van der Waals surface area contributed by atoms with Crippen molar-refractivity contribution < 1.29 is 5.11 Å². The zero-order chi connectivity index (χ0) is 13.5. The Morgan fingerprint density at radius 3 is 2.22 bits per heavy atom. The molecule has 0 heterocycles. The van der Waals surface area contributed by atoms with Crippen LogP contribution < -0.4 is 0 Å². The van der Waals surface area contributed by atoms with E-state index in [-0.39, 0.29) is 5.41 Å². The van der Waals surface area contributed by atoms with Crippen molar-refractivity contribution in [3.8, 4) is 5.75 Å². The number of hydrogen-bond acceptors (Lipinski definition) is 1. The van der Waals surface area contributed by atoms with Gasteiger partial charge in [-0.1, -0.05) is 58.9 Å². The summed E-state index contributed by atoms with van der Waals surface area (Å²) < 4.78 is 0. The Morgan fingerprint density at radius 2 is 1.67 bits per heavy atom. The summed E-state index contributed by atoms with van der Waals surface area (Å²) in [6.45, 7) is 10.9. The van der Waals surface area contributed by atoms with Crippen LogP contribution in [0.3, 0.4) is 0 Å². The molecule has 1 heteroatoms. The number of fused-ring (bicyclic) bond motifs is 1. The molecule has 1 nitrogen and oxygen atoms in total. The lowest BCUT2D eigenvalue weighted by molar-refractivity contribution is 0.466. The molecule has 0 spiro atoms. The highest BCUT2D eigenvalue weighted by Crippen LogP contribution is 2.35. The van der Waals surface area contributed by atoms with Crippen molar-refractivity contribution in [2.45, 2.75) is 46.0 Å². The Morgan fingerprint density at radius 1 is 1.00 bits per heavy atom. The number of hydrogen-bond donors (Lipinski definition) is 1. The second-order valence-corrected chi connectivity index (χ2v) is 6.34. The van der Waals surface area contributed by atoms with Gasteiger partial charge in [-0.2, -0.15) is 0 Å². The van der Waals surface area contributed by atoms with Gasteiger partial charge in [-0.3, -0.25) is 0 Å². The van der Waals surface area contributed by atoms with Gasteiger partial charge in [0.15, 0.2) is 0 Å². The number of phenolic OH excluding ortho intramolecular Hbond substituents is 1. The maximum atomic E-state index is 10.0. The largest absolute Gasteiger partial charge is 0.508 e. The van der Waals surface area contributed by atoms with Crippen LogP contribution in [0.1, 0.15) is 51.7 Å². The second kappa shape index (κ2) is 4.31. The Kier molecular flexibility index (Phi) is 3.10. The molecule has 0 aromatic heterocycles. The first-order valence-electron chi connectivity index (χ1n) is 6.57. The fourth-order valence-corrected chi connectivity index (χ4v) is 2.42. The number of phenols is 1. The van der Waals surface area contributed by atoms with Crippen molar-refractivity contribution in [1.29, 1.82) is 0 Å². The lowest BCUT2D eigenvalue weighted by Gasteiger charge is -2.20. The van der Waals surface area contributed by atoms with Gasteiger partial charge in [0.1, 0.15) is 5.75 Å². The van der Waals surface area contributed by atoms with Crippen LogP contribution in [-0.4, -0.2) is 5.11 Å². The summed E-state index contributed by atoms with van der Waals surface area (Å²) in [6.07, 6.45) is 0. The third-order valence-corrected chi connectivity index (χ3v) is 3.48. The fourth-order valence-electron chi connectivity index (χ4n) is 2.42. The van der Waals surface area contributed by atoms with Crippen molar-refractivity contribution in [3.63, 3.8) is 0 Å². The highest BCUT2D eigenvalue weighted by molar-refractivity contribution is 5.89. The summed E-state index contributed by atoms with van der Waals surface area (Å²) in [5.41, 5.74) is 2.53. The van der Waals surface area contributed by atoms with Gasteiger partial charge in [-0.05, 0) is 33.7 Å². The lowest BCUT2D eigenvalue weighted by atomic mass is 9.84. The fraction of sp³-hybridized carbons (Fsp3) is 0.412. The third kappa shape index (κ3) is 2.22. The molecule has 0 saturated carbocycles. The monoisotopic (exact) mass is 242 g/mol. The molecule has 2 aromatic rings. The maximum Gasteiger partial charge on any atom is 0.119 e. The first-order chi connectivity index (χ1) is 8.30. The minimum Gasteiger partial charge on any atom is -0.508 e. The van der Waals surface area contributed by atoms with Crippen LogP contribution in [0.2, 0.25) is 0 Å². The van der Waals surface area contributed by atoms with E-state index in [2.05, 4.69) is 52.8 Å². The molecule has 0 bridgehead atoms. The standard InChI is InChI=1S/C17H22O/c1-11(2)16-14-8-7-13(17(3,4)5)10-12(14)6-9-15(16)18/h6-11,18H,1-5H3. The molecule has 2 aromatic carbocycles. The van der Waals surface area contributed by atoms with Crippen LogP contribution in [-0.2, 0) is 5.41 Å². The molecule has 96 valence electrons. The van der Waals surface area contributed by atoms with E-state index in [9.17, 15) is 5.11 Å². The van der Waals surface area contributed by atoms with Crippen LogP contribution in [0.5, 0.6) is 5.75 Å². The summed E-state index contributed by atoms with van der Waals surface area (Å²) in [4.78, 5) is 0. The van der Waals surface area contributed by atoms with Crippen LogP contribution in [0.4, 0.5) is 0 Å². The van der Waals surface area contributed by atoms with Gasteiger partial charge in [0.2, 0.25) is 0 Å². The highest BCUT2D eigenvalue weighted by Gasteiger charge is 2.16. The first-order valence-corrected chi connectivity index (χ1v) is 6.57. The molecular formula is C17H22O. The zero-order valence-electron chi connectivity index (χ0n) is 11.9. The average molecular weight is 242 g/mol. The number of aromatic hydroxyl groups is 1. The van der Waals surface area contributed by atoms with Gasteiger partial charge in [0.05, 0.1) is 0 Å². The van der Waals surface area contributed by atoms with Crippen molar-refractivity contribution in [2.75, 3.05) is 0 Å². The predicted molar refractivity (Wildman–Crippen MR) is 78.4 cm³/mol. The van der Waals surface area contributed by atoms with E-state index in [0.29, 0.717) is 11.7 Å². The summed E-state index contributed by atoms with van der Waals surface area (Å²) in [5, 5.41) is 12.4. The van der Waals surface area contributed by atoms with Gasteiger partial charge in [-0.15, -0.1) is 0 Å². The molecular weight excluding hydrogens is 220 g/mol. The summed E-state index contributed by atoms with van der Waals surface area (Å²) >= 11 is 0. The van der Waals surface area contributed by atoms with Gasteiger partial charge in [0.25, 0.3) is 0 Å². The normalized spacial score (nSPS) is 12.3. The summed E-state index contributed by atoms with van der Waals surface area (Å²) in [7, 11) is 0.